The van der Waals surface area contributed by atoms with Crippen molar-refractivity contribution in [2.24, 2.45) is 11.5 Å². The lowest BCUT2D eigenvalue weighted by Gasteiger charge is -2.08. The highest BCUT2D eigenvalue weighted by Crippen LogP contribution is 2.10. The Labute approximate surface area is 75.4 Å². The Kier molecular flexibility index (Phi) is 2.73. The van der Waals surface area contributed by atoms with Crippen LogP contribution in [0.15, 0.2) is 24.3 Å². The summed E-state index contributed by atoms with van der Waals surface area (Å²) in [6, 6.07) is 5.31. The van der Waals surface area contributed by atoms with Crippen LogP contribution in [0.4, 0.5) is 4.39 Å². The first-order valence-corrected chi connectivity index (χ1v) is 3.82. The molecule has 0 aromatic heterocycles. The minimum atomic E-state index is -0.486. The van der Waals surface area contributed by atoms with E-state index in [2.05, 4.69) is 0 Å². The van der Waals surface area contributed by atoms with E-state index in [0.717, 1.165) is 5.56 Å². The molecule has 0 radical (unpaired) electrons. The smallest absolute Gasteiger partial charge is 0.123 e. The van der Waals surface area contributed by atoms with E-state index in [0.29, 0.717) is 0 Å². The lowest BCUT2D eigenvalue weighted by molar-refractivity contribution is 0.626. The van der Waals surface area contributed by atoms with Gasteiger partial charge in [0, 0.05) is 0 Å². The van der Waals surface area contributed by atoms with Gasteiger partial charge >= 0.3 is 0 Å². The van der Waals surface area contributed by atoms with Crippen LogP contribution >= 0.6 is 12.2 Å². The second kappa shape index (κ2) is 3.60. The zero-order valence-corrected chi connectivity index (χ0v) is 7.14. The Morgan fingerprint density at radius 1 is 1.33 bits per heavy atom. The highest BCUT2D eigenvalue weighted by molar-refractivity contribution is 7.80. The molecule has 4 heteroatoms. The standard InChI is InChI=1S/C8H9FN2S/c9-6-3-1-5(2-4-6)7(10)8(11)12/h1-4,7H,10H2,(H2,11,12)/t7-/m0/s1. The Morgan fingerprint density at radius 2 is 1.83 bits per heavy atom. The molecule has 64 valence electrons. The van der Waals surface area contributed by atoms with E-state index < -0.39 is 6.04 Å². The third-order valence-electron chi connectivity index (χ3n) is 1.54. The molecular formula is C8H9FN2S. The van der Waals surface area contributed by atoms with Crippen LogP contribution in [0.3, 0.4) is 0 Å². The summed E-state index contributed by atoms with van der Waals surface area (Å²) in [7, 11) is 0. The maximum absolute atomic E-state index is 12.4. The van der Waals surface area contributed by atoms with Gasteiger partial charge < -0.3 is 11.5 Å². The van der Waals surface area contributed by atoms with Crippen LogP contribution in [0.25, 0.3) is 0 Å². The van der Waals surface area contributed by atoms with Crippen LogP contribution in [-0.2, 0) is 0 Å². The minimum Gasteiger partial charge on any atom is -0.392 e. The number of thiocarbonyl (C=S) groups is 1. The Morgan fingerprint density at radius 3 is 2.25 bits per heavy atom. The predicted octanol–water partition coefficient (Wildman–Crippen LogP) is 1.11. The van der Waals surface area contributed by atoms with Gasteiger partial charge in [-0.1, -0.05) is 24.4 Å². The number of nitrogens with two attached hydrogens (primary N) is 2. The summed E-state index contributed by atoms with van der Waals surface area (Å²) in [5, 5.41) is 0. The molecule has 0 amide bonds. The molecular weight excluding hydrogens is 175 g/mol. The lowest BCUT2D eigenvalue weighted by atomic mass is 10.1. The molecule has 0 aliphatic carbocycles. The van der Waals surface area contributed by atoms with Crippen molar-refractivity contribution < 1.29 is 4.39 Å². The first-order chi connectivity index (χ1) is 5.61. The second-order valence-electron chi connectivity index (χ2n) is 2.43. The van der Waals surface area contributed by atoms with Crippen molar-refractivity contribution in [1.82, 2.24) is 0 Å². The molecule has 1 rings (SSSR count). The molecule has 0 saturated carbocycles. The largest absolute Gasteiger partial charge is 0.392 e. The van der Waals surface area contributed by atoms with Gasteiger partial charge in [0.2, 0.25) is 0 Å². The normalized spacial score (nSPS) is 12.5. The Balaban J connectivity index is 2.89. The molecule has 1 aromatic rings. The maximum atomic E-state index is 12.4. The Bertz CT molecular complexity index is 284. The van der Waals surface area contributed by atoms with Crippen molar-refractivity contribution in [3.8, 4) is 0 Å². The van der Waals surface area contributed by atoms with Crippen molar-refractivity contribution in [3.63, 3.8) is 0 Å². The van der Waals surface area contributed by atoms with Gasteiger partial charge in [0.1, 0.15) is 5.82 Å². The summed E-state index contributed by atoms with van der Waals surface area (Å²) in [5.41, 5.74) is 11.6. The van der Waals surface area contributed by atoms with E-state index in [9.17, 15) is 4.39 Å². The quantitative estimate of drug-likeness (QED) is 0.677. The molecule has 4 N–H and O–H groups in total. The van der Waals surface area contributed by atoms with Crippen molar-refractivity contribution in [3.05, 3.63) is 35.6 Å². The van der Waals surface area contributed by atoms with Crippen LogP contribution in [0.1, 0.15) is 11.6 Å². The van der Waals surface area contributed by atoms with E-state index in [-0.39, 0.29) is 10.8 Å². The van der Waals surface area contributed by atoms with Gasteiger partial charge in [-0.2, -0.15) is 0 Å². The molecule has 0 heterocycles. The molecule has 0 unspecified atom stereocenters. The van der Waals surface area contributed by atoms with Crippen LogP contribution < -0.4 is 11.5 Å². The summed E-state index contributed by atoms with van der Waals surface area (Å²) in [6.45, 7) is 0. The number of benzene rings is 1. The van der Waals surface area contributed by atoms with Gasteiger partial charge in [-0.05, 0) is 17.7 Å². The fourth-order valence-electron chi connectivity index (χ4n) is 0.834. The van der Waals surface area contributed by atoms with Crippen LogP contribution in [0, 0.1) is 5.82 Å². The van der Waals surface area contributed by atoms with Crippen LogP contribution in [0.5, 0.6) is 0 Å². The molecule has 1 atom stereocenters. The van der Waals surface area contributed by atoms with Gasteiger partial charge in [-0.15, -0.1) is 0 Å². The minimum absolute atomic E-state index is 0.210. The molecule has 0 bridgehead atoms. The topological polar surface area (TPSA) is 52.0 Å². The predicted molar refractivity (Wildman–Crippen MR) is 50.1 cm³/mol. The molecule has 0 aliphatic rings. The van der Waals surface area contributed by atoms with Gasteiger partial charge in [0.25, 0.3) is 0 Å². The average Bonchev–Trinajstić information content (AvgIpc) is 2.04. The molecule has 0 fully saturated rings. The number of hydrogen-bond donors (Lipinski definition) is 2. The summed E-state index contributed by atoms with van der Waals surface area (Å²) < 4.78 is 12.4. The van der Waals surface area contributed by atoms with E-state index in [1.54, 1.807) is 12.1 Å². The highest BCUT2D eigenvalue weighted by atomic mass is 32.1. The first kappa shape index (κ1) is 9.09. The monoisotopic (exact) mass is 184 g/mol. The molecule has 1 aromatic carbocycles. The molecule has 0 spiro atoms. The van der Waals surface area contributed by atoms with Gasteiger partial charge in [-0.3, -0.25) is 0 Å². The zero-order chi connectivity index (χ0) is 9.14. The second-order valence-corrected chi connectivity index (χ2v) is 2.90. The SMILES string of the molecule is NC(=S)[C@@H](N)c1ccc(F)cc1. The summed E-state index contributed by atoms with van der Waals surface area (Å²) in [5.74, 6) is -0.297. The third kappa shape index (κ3) is 1.99. The fraction of sp³-hybridized carbons (Fsp3) is 0.125. The average molecular weight is 184 g/mol. The maximum Gasteiger partial charge on any atom is 0.123 e. The molecule has 2 nitrogen and oxygen atoms in total. The van der Waals surface area contributed by atoms with Gasteiger partial charge in [0.15, 0.2) is 0 Å². The number of rotatable bonds is 2. The number of halogens is 1. The van der Waals surface area contributed by atoms with E-state index >= 15 is 0 Å². The molecule has 0 aliphatic heterocycles. The van der Waals surface area contributed by atoms with Crippen molar-refractivity contribution in [2.45, 2.75) is 6.04 Å². The van der Waals surface area contributed by atoms with Crippen molar-refractivity contribution in [1.29, 1.82) is 0 Å². The van der Waals surface area contributed by atoms with Crippen molar-refractivity contribution in [2.75, 3.05) is 0 Å². The summed E-state index contributed by atoms with van der Waals surface area (Å²) in [6.07, 6.45) is 0. The van der Waals surface area contributed by atoms with Crippen LogP contribution in [0.2, 0.25) is 0 Å². The van der Waals surface area contributed by atoms with Gasteiger partial charge in [0.05, 0.1) is 11.0 Å². The van der Waals surface area contributed by atoms with Crippen LogP contribution in [-0.4, -0.2) is 4.99 Å². The van der Waals surface area contributed by atoms with E-state index in [1.165, 1.54) is 12.1 Å². The fourth-order valence-corrected chi connectivity index (χ4v) is 0.970. The zero-order valence-electron chi connectivity index (χ0n) is 6.33. The lowest BCUT2D eigenvalue weighted by Crippen LogP contribution is -2.26. The highest BCUT2D eigenvalue weighted by Gasteiger charge is 2.07. The van der Waals surface area contributed by atoms with Crippen molar-refractivity contribution >= 4 is 17.2 Å². The van der Waals surface area contributed by atoms with E-state index in [1.807, 2.05) is 0 Å². The third-order valence-corrected chi connectivity index (χ3v) is 1.79. The molecule has 0 saturated heterocycles. The van der Waals surface area contributed by atoms with Gasteiger partial charge in [-0.25, -0.2) is 4.39 Å². The first-order valence-electron chi connectivity index (χ1n) is 3.41. The number of hydrogen-bond acceptors (Lipinski definition) is 2. The van der Waals surface area contributed by atoms with E-state index in [4.69, 9.17) is 23.7 Å². The summed E-state index contributed by atoms with van der Waals surface area (Å²) >= 11 is 4.69. The Hall–Kier alpha value is -1.00. The molecule has 12 heavy (non-hydrogen) atoms. The summed E-state index contributed by atoms with van der Waals surface area (Å²) in [4.78, 5) is 0.210.